The van der Waals surface area contributed by atoms with Crippen LogP contribution < -0.4 is 5.32 Å². The zero-order valence-corrected chi connectivity index (χ0v) is 9.10. The number of anilines is 1. The molecule has 1 aromatic rings. The van der Waals surface area contributed by atoms with Crippen LogP contribution in [0, 0.1) is 11.2 Å². The molecule has 5 heteroatoms. The van der Waals surface area contributed by atoms with Crippen molar-refractivity contribution in [3.63, 3.8) is 0 Å². The van der Waals surface area contributed by atoms with Crippen LogP contribution in [0.5, 0.6) is 0 Å². The third-order valence-electron chi connectivity index (χ3n) is 2.82. The van der Waals surface area contributed by atoms with Gasteiger partial charge in [0.25, 0.3) is 0 Å². The molecule has 1 aromatic heterocycles. The molecule has 1 aliphatic rings. The summed E-state index contributed by atoms with van der Waals surface area (Å²) < 4.78 is 12.5. The molecule has 15 heavy (non-hydrogen) atoms. The molecule has 82 valence electrons. The van der Waals surface area contributed by atoms with Gasteiger partial charge in [0.15, 0.2) is 5.82 Å². The number of halogens is 2. The van der Waals surface area contributed by atoms with Gasteiger partial charge in [0.1, 0.15) is 0 Å². The van der Waals surface area contributed by atoms with Gasteiger partial charge in [-0.15, -0.1) is 11.6 Å². The van der Waals surface area contributed by atoms with Gasteiger partial charge in [-0.25, -0.2) is 14.4 Å². The van der Waals surface area contributed by atoms with E-state index in [-0.39, 0.29) is 0 Å². The lowest BCUT2D eigenvalue weighted by atomic mass is 10.0. The lowest BCUT2D eigenvalue weighted by molar-refractivity contribution is 0.522. The molecule has 0 atom stereocenters. The minimum Gasteiger partial charge on any atom is -0.354 e. The van der Waals surface area contributed by atoms with Gasteiger partial charge in [-0.1, -0.05) is 0 Å². The maximum absolute atomic E-state index is 12.5. The van der Waals surface area contributed by atoms with Crippen LogP contribution in [0.2, 0.25) is 0 Å². The minimum absolute atomic E-state index is 0.333. The van der Waals surface area contributed by atoms with Crippen molar-refractivity contribution in [3.8, 4) is 0 Å². The number of hydrogen-bond acceptors (Lipinski definition) is 3. The fourth-order valence-electron chi connectivity index (χ4n) is 1.56. The van der Waals surface area contributed by atoms with Crippen molar-refractivity contribution >= 4 is 17.5 Å². The molecule has 2 rings (SSSR count). The summed E-state index contributed by atoms with van der Waals surface area (Å²) in [5.41, 5.74) is 0.333. The number of aromatic nitrogens is 2. The van der Waals surface area contributed by atoms with E-state index in [1.165, 1.54) is 12.8 Å². The largest absolute Gasteiger partial charge is 0.354 e. The van der Waals surface area contributed by atoms with Gasteiger partial charge >= 0.3 is 0 Å². The average Bonchev–Trinajstić information content (AvgIpc) is 2.99. The Morgan fingerprint density at radius 2 is 2.07 bits per heavy atom. The highest BCUT2D eigenvalue weighted by Gasteiger charge is 2.41. The Hall–Kier alpha value is -0.900. The highest BCUT2D eigenvalue weighted by Crippen LogP contribution is 2.48. The van der Waals surface area contributed by atoms with Crippen LogP contribution >= 0.6 is 11.6 Å². The van der Waals surface area contributed by atoms with Crippen molar-refractivity contribution in [2.75, 3.05) is 17.7 Å². The van der Waals surface area contributed by atoms with E-state index in [0.29, 0.717) is 17.2 Å². The Balaban J connectivity index is 1.85. The summed E-state index contributed by atoms with van der Waals surface area (Å²) >= 11 is 5.72. The van der Waals surface area contributed by atoms with Crippen LogP contribution in [0.1, 0.15) is 19.3 Å². The topological polar surface area (TPSA) is 37.8 Å². The summed E-state index contributed by atoms with van der Waals surface area (Å²) in [7, 11) is 0. The quantitative estimate of drug-likeness (QED) is 0.789. The molecule has 0 aliphatic heterocycles. The molecule has 0 saturated heterocycles. The van der Waals surface area contributed by atoms with E-state index in [4.69, 9.17) is 11.6 Å². The second kappa shape index (κ2) is 4.31. The Morgan fingerprint density at radius 1 is 1.40 bits per heavy atom. The second-order valence-electron chi connectivity index (χ2n) is 4.02. The van der Waals surface area contributed by atoms with E-state index in [9.17, 15) is 4.39 Å². The normalized spacial score (nSPS) is 17.5. The smallest absolute Gasteiger partial charge is 0.222 e. The van der Waals surface area contributed by atoms with Gasteiger partial charge in [-0.05, 0) is 24.7 Å². The third kappa shape index (κ3) is 2.78. The fourth-order valence-corrected chi connectivity index (χ4v) is 1.96. The van der Waals surface area contributed by atoms with E-state index in [0.717, 1.165) is 25.4 Å². The number of alkyl halides is 1. The zero-order valence-electron chi connectivity index (χ0n) is 8.34. The lowest BCUT2D eigenvalue weighted by Gasteiger charge is -2.13. The van der Waals surface area contributed by atoms with Crippen molar-refractivity contribution in [2.45, 2.75) is 19.3 Å². The van der Waals surface area contributed by atoms with Crippen LogP contribution in [-0.4, -0.2) is 22.4 Å². The molecule has 1 fully saturated rings. The first-order valence-electron chi connectivity index (χ1n) is 5.01. The predicted octanol–water partition coefficient (Wildman–Crippen LogP) is 2.44. The van der Waals surface area contributed by atoms with Gasteiger partial charge < -0.3 is 5.32 Å². The van der Waals surface area contributed by atoms with E-state index >= 15 is 0 Å². The molecule has 1 aliphatic carbocycles. The van der Waals surface area contributed by atoms with Crippen LogP contribution in [0.25, 0.3) is 0 Å². The van der Waals surface area contributed by atoms with Crippen LogP contribution in [0.4, 0.5) is 10.3 Å². The first kappa shape index (κ1) is 10.6. The van der Waals surface area contributed by atoms with Crippen molar-refractivity contribution in [3.05, 3.63) is 18.2 Å². The van der Waals surface area contributed by atoms with E-state index in [1.807, 2.05) is 0 Å². The molecule has 1 saturated carbocycles. The molecule has 0 unspecified atom stereocenters. The zero-order chi connectivity index (χ0) is 10.7. The van der Waals surface area contributed by atoms with Gasteiger partial charge in [-0.2, -0.15) is 0 Å². The predicted molar refractivity (Wildman–Crippen MR) is 57.5 cm³/mol. The average molecular weight is 230 g/mol. The fraction of sp³-hybridized carbons (Fsp3) is 0.600. The number of nitrogens with one attached hydrogen (secondary N) is 1. The summed E-state index contributed by atoms with van der Waals surface area (Å²) in [6.07, 6.45) is 5.75. The Morgan fingerprint density at radius 3 is 2.60 bits per heavy atom. The maximum atomic E-state index is 12.5. The number of rotatable bonds is 5. The first-order chi connectivity index (χ1) is 7.24. The summed E-state index contributed by atoms with van der Waals surface area (Å²) in [6, 6.07) is 0. The van der Waals surface area contributed by atoms with E-state index < -0.39 is 5.82 Å². The van der Waals surface area contributed by atoms with Crippen LogP contribution in [-0.2, 0) is 0 Å². The number of nitrogens with zero attached hydrogens (tertiary/aromatic N) is 2. The molecule has 0 aromatic carbocycles. The van der Waals surface area contributed by atoms with E-state index in [2.05, 4.69) is 15.3 Å². The summed E-state index contributed by atoms with van der Waals surface area (Å²) in [4.78, 5) is 7.68. The van der Waals surface area contributed by atoms with Crippen LogP contribution in [0.3, 0.4) is 0 Å². The summed E-state index contributed by atoms with van der Waals surface area (Å²) in [6.45, 7) is 0.825. The van der Waals surface area contributed by atoms with Gasteiger partial charge in [0, 0.05) is 12.4 Å². The highest BCUT2D eigenvalue weighted by atomic mass is 35.5. The highest BCUT2D eigenvalue weighted by molar-refractivity contribution is 6.17. The molecule has 1 N–H and O–H groups in total. The standard InChI is InChI=1S/C10H13ClFN3/c11-4-3-10(1-2-10)7-15-9-13-5-8(12)6-14-9/h5-6H,1-4,7H2,(H,13,14,15). The third-order valence-corrected chi connectivity index (χ3v) is 3.01. The molecule has 3 nitrogen and oxygen atoms in total. The Labute approximate surface area is 93.1 Å². The van der Waals surface area contributed by atoms with Gasteiger partial charge in [0.2, 0.25) is 5.95 Å². The van der Waals surface area contributed by atoms with Crippen molar-refractivity contribution in [1.82, 2.24) is 9.97 Å². The first-order valence-corrected chi connectivity index (χ1v) is 5.55. The van der Waals surface area contributed by atoms with E-state index in [1.54, 1.807) is 0 Å². The number of hydrogen-bond donors (Lipinski definition) is 1. The Bertz CT molecular complexity index is 324. The molecular formula is C10H13ClFN3. The summed E-state index contributed by atoms with van der Waals surface area (Å²) in [5.74, 6) is 0.756. The van der Waals surface area contributed by atoms with Crippen LogP contribution in [0.15, 0.2) is 12.4 Å². The van der Waals surface area contributed by atoms with Crippen molar-refractivity contribution < 1.29 is 4.39 Å². The van der Waals surface area contributed by atoms with Crippen molar-refractivity contribution in [1.29, 1.82) is 0 Å². The Kier molecular flexibility index (Phi) is 3.05. The van der Waals surface area contributed by atoms with Gasteiger partial charge in [-0.3, -0.25) is 0 Å². The molecular weight excluding hydrogens is 217 g/mol. The lowest BCUT2D eigenvalue weighted by Crippen LogP contribution is -2.17. The maximum Gasteiger partial charge on any atom is 0.222 e. The SMILES string of the molecule is Fc1cnc(NCC2(CCCl)CC2)nc1. The van der Waals surface area contributed by atoms with Gasteiger partial charge in [0.05, 0.1) is 12.4 Å². The molecule has 0 bridgehead atoms. The molecule has 0 spiro atoms. The summed E-state index contributed by atoms with van der Waals surface area (Å²) in [5, 5.41) is 3.11. The van der Waals surface area contributed by atoms with Crippen molar-refractivity contribution in [2.24, 2.45) is 5.41 Å². The molecule has 0 amide bonds. The monoisotopic (exact) mass is 229 g/mol. The second-order valence-corrected chi connectivity index (χ2v) is 4.40. The molecule has 0 radical (unpaired) electrons. The molecule has 1 heterocycles. The minimum atomic E-state index is -0.414.